The van der Waals surface area contributed by atoms with Gasteiger partial charge in [0.05, 0.1) is 22.5 Å². The molecule has 5 rings (SSSR count). The van der Waals surface area contributed by atoms with Gasteiger partial charge in [-0.15, -0.1) is 0 Å². The summed E-state index contributed by atoms with van der Waals surface area (Å²) >= 11 is 0. The molecule has 4 aliphatic heterocycles. The number of nitro benzene ring substituents is 1. The van der Waals surface area contributed by atoms with Crippen LogP contribution in [0.5, 0.6) is 0 Å². The molecule has 4 aliphatic rings. The van der Waals surface area contributed by atoms with Gasteiger partial charge in [-0.05, 0) is 6.07 Å². The van der Waals surface area contributed by atoms with Crippen molar-refractivity contribution in [3.05, 3.63) is 39.4 Å². The summed E-state index contributed by atoms with van der Waals surface area (Å²) < 4.78 is 29.2. The van der Waals surface area contributed by atoms with Crippen LogP contribution < -0.4 is 5.32 Å². The van der Waals surface area contributed by atoms with E-state index in [2.05, 4.69) is 5.32 Å². The molecule has 1 N–H and O–H groups in total. The highest BCUT2D eigenvalue weighted by Crippen LogP contribution is 2.46. The van der Waals surface area contributed by atoms with E-state index >= 15 is 0 Å². The molecular weight excluding hydrogens is 362 g/mol. The Bertz CT molecular complexity index is 858. The molecule has 1 amide bonds. The van der Waals surface area contributed by atoms with Crippen molar-refractivity contribution in [1.29, 1.82) is 0 Å². The lowest BCUT2D eigenvalue weighted by atomic mass is 9.77. The van der Waals surface area contributed by atoms with E-state index in [1.165, 1.54) is 23.1 Å². The molecule has 0 radical (unpaired) electrons. The number of ether oxygens (including phenoxy) is 1. The van der Waals surface area contributed by atoms with Crippen molar-refractivity contribution in [1.82, 2.24) is 10.2 Å². The van der Waals surface area contributed by atoms with Crippen LogP contribution >= 0.6 is 0 Å². The summed E-state index contributed by atoms with van der Waals surface area (Å²) in [7, 11) is -3.10. The Hall–Kier alpha value is -2.04. The van der Waals surface area contributed by atoms with Crippen molar-refractivity contribution in [3.63, 3.8) is 0 Å². The van der Waals surface area contributed by atoms with Gasteiger partial charge in [-0.25, -0.2) is 8.42 Å². The van der Waals surface area contributed by atoms with Crippen molar-refractivity contribution < 1.29 is 22.9 Å². The highest BCUT2D eigenvalue weighted by molar-refractivity contribution is 7.91. The number of carbonyl (C=O) groups is 1. The van der Waals surface area contributed by atoms with Crippen LogP contribution in [0, 0.1) is 10.1 Å². The van der Waals surface area contributed by atoms with Crippen molar-refractivity contribution in [2.75, 3.05) is 37.7 Å². The maximum absolute atomic E-state index is 13.0. The van der Waals surface area contributed by atoms with Gasteiger partial charge in [-0.3, -0.25) is 14.9 Å². The van der Waals surface area contributed by atoms with E-state index in [9.17, 15) is 23.3 Å². The predicted octanol–water partition coefficient (Wildman–Crippen LogP) is 0.0528. The second-order valence-corrected chi connectivity index (χ2v) is 9.30. The van der Waals surface area contributed by atoms with Crippen LogP contribution in [0.15, 0.2) is 18.2 Å². The first kappa shape index (κ1) is 17.4. The van der Waals surface area contributed by atoms with Crippen molar-refractivity contribution in [2.45, 2.75) is 18.1 Å². The zero-order valence-corrected chi connectivity index (χ0v) is 14.8. The fourth-order valence-corrected chi connectivity index (χ4v) is 5.10. The lowest BCUT2D eigenvalue weighted by molar-refractivity contribution is -0.385. The van der Waals surface area contributed by atoms with Crippen LogP contribution in [0.1, 0.15) is 22.3 Å². The third-order valence-electron chi connectivity index (χ3n) is 5.30. The minimum absolute atomic E-state index is 0.0473. The molecule has 10 heteroatoms. The van der Waals surface area contributed by atoms with Crippen LogP contribution in [0.25, 0.3) is 0 Å². The zero-order chi connectivity index (χ0) is 18.5. The number of piperidine rings is 1. The molecule has 0 aliphatic carbocycles. The van der Waals surface area contributed by atoms with Gasteiger partial charge in [0.1, 0.15) is 5.60 Å². The molecule has 0 saturated carbocycles. The SMILES string of the molecule is O=C(c1ccc([N+](=O)[O-])cc1C12CNCC(C1)O2)N1CCS(=O)(=O)CC1. The fraction of sp³-hybridized carbons (Fsp3) is 0.562. The van der Waals surface area contributed by atoms with Gasteiger partial charge >= 0.3 is 0 Å². The second kappa shape index (κ2) is 6.00. The lowest BCUT2D eigenvalue weighted by Crippen LogP contribution is -2.63. The maximum Gasteiger partial charge on any atom is 0.269 e. The van der Waals surface area contributed by atoms with Crippen LogP contribution in [-0.4, -0.2) is 67.9 Å². The van der Waals surface area contributed by atoms with Crippen LogP contribution in [-0.2, 0) is 20.2 Å². The second-order valence-electron chi connectivity index (χ2n) is 7.00. The Labute approximate surface area is 150 Å². The number of hydrogen-bond donors (Lipinski definition) is 1. The summed E-state index contributed by atoms with van der Waals surface area (Å²) in [4.78, 5) is 25.2. The molecule has 140 valence electrons. The van der Waals surface area contributed by atoms with E-state index in [1.54, 1.807) is 0 Å². The number of nitrogens with zero attached hydrogens (tertiary/aromatic N) is 2. The zero-order valence-electron chi connectivity index (χ0n) is 14.0. The van der Waals surface area contributed by atoms with E-state index in [1.807, 2.05) is 0 Å². The van der Waals surface area contributed by atoms with Crippen LogP contribution in [0.3, 0.4) is 0 Å². The molecule has 4 saturated heterocycles. The third-order valence-corrected chi connectivity index (χ3v) is 6.91. The summed E-state index contributed by atoms with van der Waals surface area (Å²) in [5, 5.41) is 14.4. The highest BCUT2D eigenvalue weighted by Gasteiger charge is 2.52. The monoisotopic (exact) mass is 381 g/mol. The van der Waals surface area contributed by atoms with E-state index in [4.69, 9.17) is 4.74 Å². The van der Waals surface area contributed by atoms with Crippen LogP contribution in [0.4, 0.5) is 5.69 Å². The predicted molar refractivity (Wildman–Crippen MR) is 91.7 cm³/mol. The van der Waals surface area contributed by atoms with Gasteiger partial charge in [0.25, 0.3) is 11.6 Å². The number of morpholine rings is 1. The number of amides is 1. The number of hydrogen-bond acceptors (Lipinski definition) is 7. The van der Waals surface area contributed by atoms with Crippen molar-refractivity contribution >= 4 is 21.4 Å². The summed E-state index contributed by atoms with van der Waals surface area (Å²) in [6, 6.07) is 4.18. The van der Waals surface area contributed by atoms with Crippen LogP contribution in [0.2, 0.25) is 0 Å². The van der Waals surface area contributed by atoms with Gasteiger partial charge in [0.2, 0.25) is 0 Å². The number of rotatable bonds is 3. The molecule has 26 heavy (non-hydrogen) atoms. The molecule has 2 bridgehead atoms. The third kappa shape index (κ3) is 2.87. The number of sulfone groups is 1. The Morgan fingerprint density at radius 1 is 1.35 bits per heavy atom. The number of fused-ring (bicyclic) bond motifs is 2. The molecule has 4 fully saturated rings. The van der Waals surface area contributed by atoms with Gasteiger partial charge < -0.3 is 15.0 Å². The van der Waals surface area contributed by atoms with Crippen molar-refractivity contribution in [3.8, 4) is 0 Å². The lowest BCUT2D eigenvalue weighted by Gasteiger charge is -2.53. The Morgan fingerprint density at radius 2 is 2.04 bits per heavy atom. The average molecular weight is 381 g/mol. The maximum atomic E-state index is 13.0. The molecular formula is C16H19N3O6S. The smallest absolute Gasteiger partial charge is 0.269 e. The van der Waals surface area contributed by atoms with Gasteiger partial charge in [0.15, 0.2) is 9.84 Å². The summed E-state index contributed by atoms with van der Waals surface area (Å²) in [6.07, 6.45) is 0.752. The number of benzene rings is 1. The average Bonchev–Trinajstić information content (AvgIpc) is 2.60. The van der Waals surface area contributed by atoms with Crippen molar-refractivity contribution in [2.24, 2.45) is 0 Å². The molecule has 2 atom stereocenters. The number of nitro groups is 1. The van der Waals surface area contributed by atoms with Gasteiger partial charge in [-0.2, -0.15) is 0 Å². The molecule has 2 unspecified atom stereocenters. The van der Waals surface area contributed by atoms with E-state index in [-0.39, 0.29) is 42.3 Å². The summed E-state index contributed by atoms with van der Waals surface area (Å²) in [6.45, 7) is 1.47. The molecule has 1 aromatic carbocycles. The topological polar surface area (TPSA) is 119 Å². The van der Waals surface area contributed by atoms with Gasteiger partial charge in [0, 0.05) is 55.9 Å². The fourth-order valence-electron chi connectivity index (χ4n) is 3.90. The minimum atomic E-state index is -3.10. The number of carbonyl (C=O) groups excluding carboxylic acids is 1. The molecule has 0 aromatic heterocycles. The molecule has 1 aromatic rings. The molecule has 9 nitrogen and oxygen atoms in total. The Kier molecular flexibility index (Phi) is 4.01. The normalized spacial score (nSPS) is 29.7. The largest absolute Gasteiger partial charge is 0.364 e. The Morgan fingerprint density at radius 3 is 2.62 bits per heavy atom. The summed E-state index contributed by atoms with van der Waals surface area (Å²) in [5.74, 6) is -0.435. The Balaban J connectivity index is 1.69. The molecule has 0 spiro atoms. The van der Waals surface area contributed by atoms with E-state index < -0.39 is 20.4 Å². The first-order valence-corrected chi connectivity index (χ1v) is 10.3. The number of non-ortho nitro benzene ring substituents is 1. The first-order valence-electron chi connectivity index (χ1n) is 8.47. The standard InChI is InChI=1S/C16H19N3O6S/c20-15(18-3-5-26(23,24)6-4-18)13-2-1-11(19(21)22)7-14(13)16-8-12(25-16)9-17-10-16/h1-2,7,12,17H,3-6,8-10H2. The summed E-state index contributed by atoms with van der Waals surface area (Å²) in [5.41, 5.74) is 0.0253. The van der Waals surface area contributed by atoms with E-state index in [0.717, 1.165) is 6.54 Å². The van der Waals surface area contributed by atoms with E-state index in [0.29, 0.717) is 24.1 Å². The quantitative estimate of drug-likeness (QED) is 0.580. The highest BCUT2D eigenvalue weighted by atomic mass is 32.2. The van der Waals surface area contributed by atoms with Gasteiger partial charge in [-0.1, -0.05) is 0 Å². The number of nitrogens with one attached hydrogen (secondary N) is 1. The minimum Gasteiger partial charge on any atom is -0.364 e. The first-order chi connectivity index (χ1) is 12.3. The molecule has 4 heterocycles.